The Balaban J connectivity index is 1.14. The smallest absolute Gasteiger partial charge is 0.164 e. The van der Waals surface area contributed by atoms with Crippen molar-refractivity contribution in [1.82, 2.24) is 15.0 Å². The van der Waals surface area contributed by atoms with E-state index in [0.29, 0.717) is 17.5 Å². The number of furan rings is 2. The number of hydrogen-bond acceptors (Lipinski definition) is 6. The molecule has 0 aliphatic heterocycles. The number of thiophene rings is 1. The molecule has 5 nitrogen and oxygen atoms in total. The van der Waals surface area contributed by atoms with E-state index in [1.807, 2.05) is 66.7 Å². The van der Waals surface area contributed by atoms with Crippen molar-refractivity contribution in [3.8, 4) is 45.3 Å². The van der Waals surface area contributed by atoms with Gasteiger partial charge in [0.1, 0.15) is 22.3 Å². The third-order valence-corrected chi connectivity index (χ3v) is 10.9. The molecule has 0 spiro atoms. The summed E-state index contributed by atoms with van der Waals surface area (Å²) < 4.78 is 15.5. The van der Waals surface area contributed by atoms with Gasteiger partial charge in [-0.05, 0) is 35.9 Å². The Morgan fingerprint density at radius 1 is 0.373 bits per heavy atom. The van der Waals surface area contributed by atoms with Crippen molar-refractivity contribution >= 4 is 75.4 Å². The molecule has 0 unspecified atom stereocenters. The fourth-order valence-corrected chi connectivity index (χ4v) is 8.60. The summed E-state index contributed by atoms with van der Waals surface area (Å²) in [4.78, 5) is 15.3. The standard InChI is InChI=1S/C45H25N3O2S/c1-2-11-26(12-3-1)43-46-44(27-23-24-29-28-13-5-7-22-38(28)51-39(29)25-27)48-45(47-43)34-18-10-21-37-41(34)33-17-8-16-31(42(33)50-37)30-15-9-20-36-40(30)32-14-4-6-19-35(32)49-36/h1-25H. The fraction of sp³-hybridized carbons (Fsp3) is 0. The summed E-state index contributed by atoms with van der Waals surface area (Å²) in [6, 6.07) is 52.0. The minimum absolute atomic E-state index is 0.594. The number of aromatic nitrogens is 3. The second kappa shape index (κ2) is 10.9. The molecule has 0 saturated heterocycles. The van der Waals surface area contributed by atoms with Gasteiger partial charge in [0.2, 0.25) is 0 Å². The van der Waals surface area contributed by atoms with Crippen LogP contribution in [0, 0.1) is 0 Å². The SMILES string of the molecule is c1ccc(-c2nc(-c3ccc4c(c3)sc3ccccc34)nc(-c3cccc4oc5c(-c6cccc7oc8ccccc8c67)cccc5c34)n2)cc1. The minimum atomic E-state index is 0.594. The van der Waals surface area contributed by atoms with Crippen molar-refractivity contribution in [2.75, 3.05) is 0 Å². The molecular weight excluding hydrogens is 647 g/mol. The molecule has 4 heterocycles. The van der Waals surface area contributed by atoms with E-state index in [2.05, 4.69) is 84.9 Å². The molecule has 0 aliphatic rings. The van der Waals surface area contributed by atoms with Gasteiger partial charge >= 0.3 is 0 Å². The maximum absolute atomic E-state index is 6.74. The van der Waals surface area contributed by atoms with Gasteiger partial charge in [-0.25, -0.2) is 15.0 Å². The van der Waals surface area contributed by atoms with Gasteiger partial charge < -0.3 is 8.83 Å². The van der Waals surface area contributed by atoms with Crippen molar-refractivity contribution < 1.29 is 8.83 Å². The number of fused-ring (bicyclic) bond motifs is 9. The van der Waals surface area contributed by atoms with Crippen molar-refractivity contribution in [2.24, 2.45) is 0 Å². The predicted octanol–water partition coefficient (Wildman–Crippen LogP) is 12.7. The lowest BCUT2D eigenvalue weighted by Gasteiger charge is -2.09. The summed E-state index contributed by atoms with van der Waals surface area (Å²) in [5.74, 6) is 1.84. The van der Waals surface area contributed by atoms with E-state index in [9.17, 15) is 0 Å². The van der Waals surface area contributed by atoms with E-state index in [4.69, 9.17) is 23.8 Å². The first-order valence-electron chi connectivity index (χ1n) is 16.9. The van der Waals surface area contributed by atoms with E-state index >= 15 is 0 Å². The highest BCUT2D eigenvalue weighted by Gasteiger charge is 2.21. The van der Waals surface area contributed by atoms with Crippen molar-refractivity contribution in [3.63, 3.8) is 0 Å². The van der Waals surface area contributed by atoms with Crippen LogP contribution in [-0.2, 0) is 0 Å². The van der Waals surface area contributed by atoms with Crippen LogP contribution < -0.4 is 0 Å². The zero-order valence-corrected chi connectivity index (χ0v) is 27.8. The monoisotopic (exact) mass is 671 g/mol. The van der Waals surface area contributed by atoms with Gasteiger partial charge in [0, 0.05) is 64.0 Å². The zero-order chi connectivity index (χ0) is 33.5. The third kappa shape index (κ3) is 4.37. The quantitative estimate of drug-likeness (QED) is 0.186. The van der Waals surface area contributed by atoms with Crippen molar-refractivity contribution in [1.29, 1.82) is 0 Å². The molecule has 0 amide bonds. The van der Waals surface area contributed by atoms with Crippen LogP contribution >= 0.6 is 11.3 Å². The lowest BCUT2D eigenvalue weighted by Crippen LogP contribution is -2.00. The van der Waals surface area contributed by atoms with Crippen LogP contribution in [0.4, 0.5) is 0 Å². The molecular formula is C45H25N3O2S. The summed E-state index contributed by atoms with van der Waals surface area (Å²) in [6.45, 7) is 0. The predicted molar refractivity (Wildman–Crippen MR) is 209 cm³/mol. The molecule has 0 radical (unpaired) electrons. The van der Waals surface area contributed by atoms with Gasteiger partial charge in [-0.2, -0.15) is 0 Å². The second-order valence-corrected chi connectivity index (χ2v) is 13.8. The van der Waals surface area contributed by atoms with Gasteiger partial charge in [0.05, 0.1) is 0 Å². The van der Waals surface area contributed by atoms with Gasteiger partial charge in [0.25, 0.3) is 0 Å². The van der Waals surface area contributed by atoms with Crippen LogP contribution in [0.3, 0.4) is 0 Å². The molecule has 0 aliphatic carbocycles. The van der Waals surface area contributed by atoms with Crippen molar-refractivity contribution in [3.05, 3.63) is 152 Å². The largest absolute Gasteiger partial charge is 0.456 e. The van der Waals surface area contributed by atoms with Crippen LogP contribution in [-0.4, -0.2) is 15.0 Å². The molecule has 4 aromatic heterocycles. The van der Waals surface area contributed by atoms with E-state index in [1.165, 1.54) is 20.2 Å². The van der Waals surface area contributed by atoms with Gasteiger partial charge in [-0.3, -0.25) is 0 Å². The van der Waals surface area contributed by atoms with E-state index in [-0.39, 0.29) is 0 Å². The number of rotatable bonds is 4. The summed E-state index contributed by atoms with van der Waals surface area (Å²) in [6.07, 6.45) is 0. The van der Waals surface area contributed by atoms with Crippen LogP contribution in [0.25, 0.3) is 109 Å². The maximum atomic E-state index is 6.74. The van der Waals surface area contributed by atoms with E-state index in [1.54, 1.807) is 11.3 Å². The summed E-state index contributed by atoms with van der Waals surface area (Å²) in [5.41, 5.74) is 8.13. The zero-order valence-electron chi connectivity index (χ0n) is 27.0. The molecule has 0 fully saturated rings. The molecule has 0 N–H and O–H groups in total. The van der Waals surface area contributed by atoms with Crippen LogP contribution in [0.2, 0.25) is 0 Å². The first kappa shape index (κ1) is 28.2. The highest BCUT2D eigenvalue weighted by atomic mass is 32.1. The highest BCUT2D eigenvalue weighted by Crippen LogP contribution is 2.44. The molecule has 0 bridgehead atoms. The Kier molecular flexibility index (Phi) is 6.05. The Morgan fingerprint density at radius 2 is 0.980 bits per heavy atom. The molecule has 11 rings (SSSR count). The van der Waals surface area contributed by atoms with Gasteiger partial charge in [-0.1, -0.05) is 121 Å². The van der Waals surface area contributed by atoms with Crippen LogP contribution in [0.15, 0.2) is 160 Å². The normalized spacial score (nSPS) is 11.9. The maximum Gasteiger partial charge on any atom is 0.164 e. The van der Waals surface area contributed by atoms with Gasteiger partial charge in [-0.15, -0.1) is 11.3 Å². The number of nitrogens with zero attached hydrogens (tertiary/aromatic N) is 3. The lowest BCUT2D eigenvalue weighted by molar-refractivity contribution is 0.668. The second-order valence-electron chi connectivity index (χ2n) is 12.7. The first-order chi connectivity index (χ1) is 25.3. The molecule has 238 valence electrons. The number of para-hydroxylation sites is 2. The first-order valence-corrected chi connectivity index (χ1v) is 17.7. The Bertz CT molecular complexity index is 3160. The molecule has 7 aromatic carbocycles. The van der Waals surface area contributed by atoms with Crippen LogP contribution in [0.1, 0.15) is 0 Å². The minimum Gasteiger partial charge on any atom is -0.456 e. The van der Waals surface area contributed by atoms with Crippen molar-refractivity contribution in [2.45, 2.75) is 0 Å². The lowest BCUT2D eigenvalue weighted by atomic mass is 9.97. The Hall–Kier alpha value is -6.63. The fourth-order valence-electron chi connectivity index (χ4n) is 7.45. The Morgan fingerprint density at radius 3 is 1.86 bits per heavy atom. The average Bonchev–Trinajstić information content (AvgIpc) is 3.89. The molecule has 0 saturated carbocycles. The summed E-state index contributed by atoms with van der Waals surface area (Å²) in [5, 5.41) is 6.62. The number of hydrogen-bond donors (Lipinski definition) is 0. The number of benzene rings is 7. The van der Waals surface area contributed by atoms with Crippen LogP contribution in [0.5, 0.6) is 0 Å². The molecule has 0 atom stereocenters. The third-order valence-electron chi connectivity index (χ3n) is 9.76. The summed E-state index contributed by atoms with van der Waals surface area (Å²) in [7, 11) is 0. The summed E-state index contributed by atoms with van der Waals surface area (Å²) >= 11 is 1.79. The highest BCUT2D eigenvalue weighted by molar-refractivity contribution is 7.25. The topological polar surface area (TPSA) is 65.0 Å². The average molecular weight is 672 g/mol. The van der Waals surface area contributed by atoms with Gasteiger partial charge in [0.15, 0.2) is 17.5 Å². The molecule has 51 heavy (non-hydrogen) atoms. The molecule has 11 aromatic rings. The van der Waals surface area contributed by atoms with E-state index in [0.717, 1.165) is 71.7 Å². The molecule has 6 heteroatoms. The van der Waals surface area contributed by atoms with E-state index < -0.39 is 0 Å². The Labute approximate surface area is 295 Å².